The smallest absolute Gasteiger partial charge is 0.264 e. The van der Waals surface area contributed by atoms with Gasteiger partial charge in [-0.25, -0.2) is 14.9 Å². The van der Waals surface area contributed by atoms with Crippen LogP contribution in [0.25, 0.3) is 16.7 Å². The summed E-state index contributed by atoms with van der Waals surface area (Å²) in [5.74, 6) is 0.996. The minimum atomic E-state index is 0.160. The van der Waals surface area contributed by atoms with Gasteiger partial charge in [0.2, 0.25) is 0 Å². The van der Waals surface area contributed by atoms with Gasteiger partial charge in [0.15, 0.2) is 0 Å². The van der Waals surface area contributed by atoms with Crippen LogP contribution in [0.5, 0.6) is 0 Å². The fourth-order valence-corrected chi connectivity index (χ4v) is 4.02. The number of hydrogen-bond donors (Lipinski definition) is 2. The zero-order valence-corrected chi connectivity index (χ0v) is 13.6. The summed E-state index contributed by atoms with van der Waals surface area (Å²) in [4.78, 5) is 9.07. The van der Waals surface area contributed by atoms with Crippen LogP contribution in [0.3, 0.4) is 0 Å². The standard InChI is InChI=1S/C19H14N4S/c1-2-7-16-14(6-1)21-19-22-15(13-5-3-9-20-12-13)11-17(23(16)19)18-8-4-10-24-18/h1-12,17H,(H,21,22)/p+1. The number of nitrogens with one attached hydrogen (secondary N) is 2. The van der Waals surface area contributed by atoms with Crippen LogP contribution in [0.4, 0.5) is 5.95 Å². The summed E-state index contributed by atoms with van der Waals surface area (Å²) in [5.41, 5.74) is 4.49. The predicted octanol–water partition coefficient (Wildman–Crippen LogP) is 3.97. The fraction of sp³-hybridized carbons (Fsp3) is 0.0526. The molecule has 5 heteroatoms. The Morgan fingerprint density at radius 2 is 2.00 bits per heavy atom. The molecule has 0 saturated carbocycles. The normalized spacial score (nSPS) is 16.5. The van der Waals surface area contributed by atoms with Crippen LogP contribution in [0.1, 0.15) is 16.5 Å². The van der Waals surface area contributed by atoms with E-state index in [4.69, 9.17) is 0 Å². The Bertz CT molecular complexity index is 1030. The SMILES string of the molecule is C1=C(c2cccnc2)Nc2[nH]c3ccccc3[n+]2C1c1cccs1. The number of thiophene rings is 1. The third kappa shape index (κ3) is 2.06. The first-order valence-corrected chi connectivity index (χ1v) is 8.73. The van der Waals surface area contributed by atoms with Crippen molar-refractivity contribution in [3.05, 3.63) is 82.8 Å². The number of H-pyrrole nitrogens is 1. The van der Waals surface area contributed by atoms with E-state index in [1.54, 1.807) is 17.5 Å². The molecular weight excluding hydrogens is 316 g/mol. The lowest BCUT2D eigenvalue weighted by molar-refractivity contribution is -0.663. The van der Waals surface area contributed by atoms with E-state index in [0.29, 0.717) is 0 Å². The molecule has 1 aliphatic heterocycles. The van der Waals surface area contributed by atoms with E-state index in [-0.39, 0.29) is 6.04 Å². The lowest BCUT2D eigenvalue weighted by Gasteiger charge is -2.19. The van der Waals surface area contributed by atoms with Gasteiger partial charge in [-0.3, -0.25) is 4.98 Å². The number of aromatic nitrogens is 3. The van der Waals surface area contributed by atoms with Crippen molar-refractivity contribution in [3.8, 4) is 0 Å². The number of rotatable bonds is 2. The number of para-hydroxylation sites is 2. The van der Waals surface area contributed by atoms with Gasteiger partial charge in [0, 0.05) is 22.8 Å². The minimum Gasteiger partial charge on any atom is -0.264 e. The molecule has 4 heterocycles. The van der Waals surface area contributed by atoms with Crippen molar-refractivity contribution in [1.29, 1.82) is 0 Å². The zero-order valence-electron chi connectivity index (χ0n) is 12.8. The summed E-state index contributed by atoms with van der Waals surface area (Å²) >= 11 is 1.78. The maximum atomic E-state index is 4.25. The lowest BCUT2D eigenvalue weighted by atomic mass is 10.1. The molecule has 116 valence electrons. The molecule has 1 aromatic carbocycles. The van der Waals surface area contributed by atoms with Crippen LogP contribution in [-0.2, 0) is 0 Å². The van der Waals surface area contributed by atoms with E-state index in [0.717, 1.165) is 22.7 Å². The van der Waals surface area contributed by atoms with Gasteiger partial charge >= 0.3 is 5.95 Å². The second kappa shape index (κ2) is 5.32. The Morgan fingerprint density at radius 1 is 1.04 bits per heavy atom. The summed E-state index contributed by atoms with van der Waals surface area (Å²) in [6, 6.07) is 16.9. The van der Waals surface area contributed by atoms with Crippen LogP contribution in [0, 0.1) is 0 Å². The molecular formula is C19H15N4S+. The number of fused-ring (bicyclic) bond motifs is 3. The highest BCUT2D eigenvalue weighted by Gasteiger charge is 2.31. The molecule has 4 nitrogen and oxygen atoms in total. The average Bonchev–Trinajstić information content (AvgIpc) is 3.29. The Hall–Kier alpha value is -2.92. The highest BCUT2D eigenvalue weighted by molar-refractivity contribution is 7.10. The number of benzene rings is 1. The van der Waals surface area contributed by atoms with E-state index >= 15 is 0 Å². The Morgan fingerprint density at radius 3 is 2.83 bits per heavy atom. The number of nitrogens with zero attached hydrogens (tertiary/aromatic N) is 2. The van der Waals surface area contributed by atoms with Crippen LogP contribution in [0.2, 0.25) is 0 Å². The Kier molecular flexibility index (Phi) is 2.99. The predicted molar refractivity (Wildman–Crippen MR) is 96.8 cm³/mol. The number of imidazole rings is 1. The maximum Gasteiger partial charge on any atom is 0.361 e. The molecule has 0 spiro atoms. The third-order valence-corrected chi connectivity index (χ3v) is 5.26. The summed E-state index contributed by atoms with van der Waals surface area (Å²) in [5, 5.41) is 5.66. The first-order chi connectivity index (χ1) is 11.9. The van der Waals surface area contributed by atoms with Gasteiger partial charge in [-0.2, -0.15) is 0 Å². The number of pyridine rings is 1. The summed E-state index contributed by atoms with van der Waals surface area (Å²) < 4.78 is 2.32. The van der Waals surface area contributed by atoms with Crippen molar-refractivity contribution in [3.63, 3.8) is 0 Å². The van der Waals surface area contributed by atoms with Gasteiger partial charge < -0.3 is 0 Å². The molecule has 2 N–H and O–H groups in total. The van der Waals surface area contributed by atoms with Crippen LogP contribution in [0.15, 0.2) is 72.4 Å². The van der Waals surface area contributed by atoms with Gasteiger partial charge in [0.25, 0.3) is 0 Å². The summed E-state index contributed by atoms with van der Waals surface area (Å²) in [7, 11) is 0. The van der Waals surface area contributed by atoms with Gasteiger partial charge in [0.05, 0.1) is 0 Å². The van der Waals surface area contributed by atoms with Crippen LogP contribution in [-0.4, -0.2) is 9.97 Å². The second-order valence-electron chi connectivity index (χ2n) is 5.77. The monoisotopic (exact) mass is 331 g/mol. The third-order valence-electron chi connectivity index (χ3n) is 4.32. The first-order valence-electron chi connectivity index (χ1n) is 7.85. The van der Waals surface area contributed by atoms with E-state index in [1.165, 1.54) is 10.4 Å². The van der Waals surface area contributed by atoms with Gasteiger partial charge in [-0.15, -0.1) is 11.3 Å². The molecule has 0 saturated heterocycles. The Labute approximate surface area is 143 Å². The van der Waals surface area contributed by atoms with Gasteiger partial charge in [0.1, 0.15) is 22.8 Å². The van der Waals surface area contributed by atoms with Crippen molar-refractivity contribution in [2.45, 2.75) is 6.04 Å². The number of allylic oxidation sites excluding steroid dienone is 1. The maximum absolute atomic E-state index is 4.25. The molecule has 0 fully saturated rings. The lowest BCUT2D eigenvalue weighted by Crippen LogP contribution is -2.43. The topological polar surface area (TPSA) is 44.6 Å². The molecule has 1 unspecified atom stereocenters. The second-order valence-corrected chi connectivity index (χ2v) is 6.75. The van der Waals surface area contributed by atoms with E-state index in [1.807, 2.05) is 12.3 Å². The van der Waals surface area contributed by atoms with Gasteiger partial charge in [-0.1, -0.05) is 18.2 Å². The highest BCUT2D eigenvalue weighted by atomic mass is 32.1. The molecule has 0 bridgehead atoms. The average molecular weight is 331 g/mol. The van der Waals surface area contributed by atoms with E-state index in [2.05, 4.69) is 73.8 Å². The molecule has 24 heavy (non-hydrogen) atoms. The first kappa shape index (κ1) is 13.5. The number of aromatic amines is 1. The molecule has 4 aromatic rings. The zero-order chi connectivity index (χ0) is 15.9. The number of hydrogen-bond acceptors (Lipinski definition) is 3. The molecule has 3 aromatic heterocycles. The number of anilines is 1. The van der Waals surface area contributed by atoms with Crippen molar-refractivity contribution < 1.29 is 4.57 Å². The summed E-state index contributed by atoms with van der Waals surface area (Å²) in [6.07, 6.45) is 5.96. The highest BCUT2D eigenvalue weighted by Crippen LogP contribution is 2.31. The quantitative estimate of drug-likeness (QED) is 0.546. The fourth-order valence-electron chi connectivity index (χ4n) is 3.24. The minimum absolute atomic E-state index is 0.160. The molecule has 5 rings (SSSR count). The van der Waals surface area contributed by atoms with E-state index < -0.39 is 0 Å². The molecule has 1 aliphatic rings. The van der Waals surface area contributed by atoms with Crippen LogP contribution < -0.4 is 9.88 Å². The van der Waals surface area contributed by atoms with Crippen molar-refractivity contribution in [1.82, 2.24) is 9.97 Å². The van der Waals surface area contributed by atoms with E-state index in [9.17, 15) is 0 Å². The molecule has 0 radical (unpaired) electrons. The van der Waals surface area contributed by atoms with Crippen molar-refractivity contribution in [2.75, 3.05) is 5.32 Å². The van der Waals surface area contributed by atoms with Crippen molar-refractivity contribution in [2.24, 2.45) is 0 Å². The summed E-state index contributed by atoms with van der Waals surface area (Å²) in [6.45, 7) is 0. The molecule has 0 aliphatic carbocycles. The van der Waals surface area contributed by atoms with Crippen LogP contribution >= 0.6 is 11.3 Å². The molecule has 1 atom stereocenters. The van der Waals surface area contributed by atoms with Gasteiger partial charge in [-0.05, 0) is 41.8 Å². The largest absolute Gasteiger partial charge is 0.361 e. The van der Waals surface area contributed by atoms with Crippen molar-refractivity contribution >= 4 is 34.0 Å². The molecule has 0 amide bonds. The Balaban J connectivity index is 1.74.